The number of nitrogens with zero attached hydrogens (tertiary/aromatic N) is 1. The summed E-state index contributed by atoms with van der Waals surface area (Å²) in [5.74, 6) is 5.49. The minimum Gasteiger partial charge on any atom is -0.323 e. The molecule has 0 radical (unpaired) electrons. The second kappa shape index (κ2) is 4.06. The Labute approximate surface area is 55.5 Å². The minimum atomic E-state index is 0.522. The average molecular weight is 127 g/mol. The zero-order valence-electron chi connectivity index (χ0n) is 5.89. The van der Waals surface area contributed by atoms with Gasteiger partial charge in [0.2, 0.25) is 0 Å². The molecule has 3 heteroatoms. The molecule has 0 aromatic carbocycles. The maximum atomic E-state index is 6.82. The van der Waals surface area contributed by atoms with Crippen molar-refractivity contribution in [3.05, 3.63) is 0 Å². The van der Waals surface area contributed by atoms with Crippen molar-refractivity contribution in [3.8, 4) is 0 Å². The van der Waals surface area contributed by atoms with Gasteiger partial charge in [-0.15, -0.1) is 0 Å². The Balaban J connectivity index is 3.71. The van der Waals surface area contributed by atoms with E-state index in [1.165, 1.54) is 6.21 Å². The van der Waals surface area contributed by atoms with Gasteiger partial charge in [0, 0.05) is 6.21 Å². The van der Waals surface area contributed by atoms with E-state index in [2.05, 4.69) is 18.9 Å². The first kappa shape index (κ1) is 8.14. The normalized spacial score (nSPS) is 12.1. The number of hydrogen-bond acceptors (Lipinski definition) is 3. The lowest BCUT2D eigenvalue weighted by molar-refractivity contribution is 0.686. The van der Waals surface area contributed by atoms with Crippen LogP contribution in [0.4, 0.5) is 0 Å². The van der Waals surface area contributed by atoms with Crippen molar-refractivity contribution in [3.63, 3.8) is 0 Å². The minimum absolute atomic E-state index is 0.522. The van der Waals surface area contributed by atoms with Gasteiger partial charge in [0.25, 0.3) is 0 Å². The second-order valence-corrected chi connectivity index (χ2v) is 2.36. The number of hydrogen-bond donors (Lipinski definition) is 2. The molecule has 0 saturated heterocycles. The van der Waals surface area contributed by atoms with E-state index in [0.29, 0.717) is 11.6 Å². The molecule has 9 heavy (non-hydrogen) atoms. The van der Waals surface area contributed by atoms with E-state index in [0.717, 1.165) is 6.42 Å². The topological polar surface area (TPSA) is 62.2 Å². The van der Waals surface area contributed by atoms with Gasteiger partial charge in [0.05, 0.1) is 5.71 Å². The van der Waals surface area contributed by atoms with E-state index < -0.39 is 0 Å². The monoisotopic (exact) mass is 127 g/mol. The van der Waals surface area contributed by atoms with Crippen molar-refractivity contribution < 1.29 is 0 Å². The van der Waals surface area contributed by atoms with Crippen LogP contribution in [0.1, 0.15) is 20.3 Å². The summed E-state index contributed by atoms with van der Waals surface area (Å²) in [5, 5.41) is 10.2. The summed E-state index contributed by atoms with van der Waals surface area (Å²) in [7, 11) is 0. The third-order valence-electron chi connectivity index (χ3n) is 0.950. The summed E-state index contributed by atoms with van der Waals surface area (Å²) in [6.45, 7) is 4.13. The molecular formula is C6H13N3. The van der Waals surface area contributed by atoms with Gasteiger partial charge < -0.3 is 11.3 Å². The molecular weight excluding hydrogens is 114 g/mol. The summed E-state index contributed by atoms with van der Waals surface area (Å²) >= 11 is 0. The van der Waals surface area contributed by atoms with E-state index in [4.69, 9.17) is 11.3 Å². The predicted octanol–water partition coefficient (Wildman–Crippen LogP) is 0.997. The van der Waals surface area contributed by atoms with E-state index in [1.807, 2.05) is 0 Å². The third kappa shape index (κ3) is 3.70. The number of rotatable bonds is 3. The fourth-order valence-corrected chi connectivity index (χ4v) is 0.567. The van der Waals surface area contributed by atoms with Crippen LogP contribution in [0, 0.1) is 11.3 Å². The Morgan fingerprint density at radius 1 is 1.78 bits per heavy atom. The average Bonchev–Trinajstić information content (AvgIpc) is 1.82. The highest BCUT2D eigenvalue weighted by Gasteiger charge is 1.97. The Hall–Kier alpha value is -0.860. The lowest BCUT2D eigenvalue weighted by atomic mass is 10.1. The summed E-state index contributed by atoms with van der Waals surface area (Å²) < 4.78 is 0. The van der Waals surface area contributed by atoms with Crippen LogP contribution in [0.2, 0.25) is 0 Å². The van der Waals surface area contributed by atoms with Crippen LogP contribution in [0.3, 0.4) is 0 Å². The first-order chi connectivity index (χ1) is 4.20. The second-order valence-electron chi connectivity index (χ2n) is 2.36. The fraction of sp³-hybridized carbons (Fsp3) is 0.667. The molecule has 0 amide bonds. The Morgan fingerprint density at radius 3 is 2.44 bits per heavy atom. The maximum absolute atomic E-state index is 6.82. The van der Waals surface area contributed by atoms with Crippen LogP contribution in [-0.2, 0) is 0 Å². The third-order valence-corrected chi connectivity index (χ3v) is 0.950. The zero-order chi connectivity index (χ0) is 7.28. The lowest BCUT2D eigenvalue weighted by Gasteiger charge is -2.00. The molecule has 0 aromatic heterocycles. The Bertz CT molecular complexity index is 115. The molecule has 3 N–H and O–H groups in total. The van der Waals surface area contributed by atoms with Crippen LogP contribution in [0.5, 0.6) is 0 Å². The summed E-state index contributed by atoms with van der Waals surface area (Å²) in [5.41, 5.74) is 0.657. The number of hydrazone groups is 1. The molecule has 3 nitrogen and oxygen atoms in total. The van der Waals surface area contributed by atoms with Crippen molar-refractivity contribution in [2.45, 2.75) is 20.3 Å². The SMILES string of the molecule is CC(C)C/C(C=N)=N/N. The molecule has 52 valence electrons. The molecule has 0 fully saturated rings. The van der Waals surface area contributed by atoms with E-state index in [9.17, 15) is 0 Å². The highest BCUT2D eigenvalue weighted by molar-refractivity contribution is 6.29. The maximum Gasteiger partial charge on any atom is 0.0778 e. The Kier molecular flexibility index (Phi) is 3.67. The number of nitrogens with one attached hydrogen (secondary N) is 1. The predicted molar refractivity (Wildman–Crippen MR) is 39.9 cm³/mol. The van der Waals surface area contributed by atoms with Crippen LogP contribution in [-0.4, -0.2) is 11.9 Å². The van der Waals surface area contributed by atoms with Crippen LogP contribution < -0.4 is 5.84 Å². The quantitative estimate of drug-likeness (QED) is 0.331. The largest absolute Gasteiger partial charge is 0.323 e. The summed E-state index contributed by atoms with van der Waals surface area (Å²) in [4.78, 5) is 0. The molecule has 0 unspecified atom stereocenters. The summed E-state index contributed by atoms with van der Waals surface area (Å²) in [6.07, 6.45) is 1.99. The van der Waals surface area contributed by atoms with Gasteiger partial charge in [-0.3, -0.25) is 0 Å². The molecule has 0 spiro atoms. The molecule has 0 heterocycles. The zero-order valence-corrected chi connectivity index (χ0v) is 5.89. The molecule has 0 atom stereocenters. The molecule has 0 aromatic rings. The Morgan fingerprint density at radius 2 is 2.33 bits per heavy atom. The van der Waals surface area contributed by atoms with Gasteiger partial charge in [0.1, 0.15) is 0 Å². The van der Waals surface area contributed by atoms with Crippen molar-refractivity contribution in [2.75, 3.05) is 0 Å². The van der Waals surface area contributed by atoms with E-state index in [1.54, 1.807) is 0 Å². The van der Waals surface area contributed by atoms with Crippen molar-refractivity contribution >= 4 is 11.9 Å². The highest BCUT2D eigenvalue weighted by Crippen LogP contribution is 1.98. The standard InChI is InChI=1S/C6H13N3/c1-5(2)3-6(4-7)9-8/h4-5,7H,3,8H2,1-2H3/b7-4?,9-6-. The molecule has 0 aliphatic heterocycles. The van der Waals surface area contributed by atoms with Crippen LogP contribution >= 0.6 is 0 Å². The van der Waals surface area contributed by atoms with Crippen molar-refractivity contribution in [1.29, 1.82) is 5.41 Å². The fourth-order valence-electron chi connectivity index (χ4n) is 0.567. The summed E-state index contributed by atoms with van der Waals surface area (Å²) in [6, 6.07) is 0. The van der Waals surface area contributed by atoms with Crippen molar-refractivity contribution in [2.24, 2.45) is 16.9 Å². The van der Waals surface area contributed by atoms with E-state index >= 15 is 0 Å². The van der Waals surface area contributed by atoms with Gasteiger partial charge in [-0.2, -0.15) is 5.10 Å². The lowest BCUT2D eigenvalue weighted by Crippen LogP contribution is -2.06. The van der Waals surface area contributed by atoms with Crippen molar-refractivity contribution in [1.82, 2.24) is 0 Å². The first-order valence-electron chi connectivity index (χ1n) is 2.98. The van der Waals surface area contributed by atoms with E-state index in [-0.39, 0.29) is 0 Å². The van der Waals surface area contributed by atoms with Gasteiger partial charge in [0.15, 0.2) is 0 Å². The van der Waals surface area contributed by atoms with Gasteiger partial charge in [-0.1, -0.05) is 13.8 Å². The molecule has 0 aliphatic carbocycles. The number of nitrogens with two attached hydrogens (primary N) is 1. The highest BCUT2D eigenvalue weighted by atomic mass is 15.1. The molecule has 0 bridgehead atoms. The van der Waals surface area contributed by atoms with Gasteiger partial charge >= 0.3 is 0 Å². The van der Waals surface area contributed by atoms with Crippen LogP contribution in [0.25, 0.3) is 0 Å². The van der Waals surface area contributed by atoms with Crippen LogP contribution in [0.15, 0.2) is 5.10 Å². The van der Waals surface area contributed by atoms with Gasteiger partial charge in [-0.05, 0) is 12.3 Å². The molecule has 0 aliphatic rings. The molecule has 0 saturated carbocycles. The smallest absolute Gasteiger partial charge is 0.0778 e. The first-order valence-corrected chi connectivity index (χ1v) is 2.98. The molecule has 0 rings (SSSR count). The van der Waals surface area contributed by atoms with Gasteiger partial charge in [-0.25, -0.2) is 0 Å².